The van der Waals surface area contributed by atoms with Gasteiger partial charge in [-0.25, -0.2) is 4.39 Å². The number of carbonyl (C=O) groups is 1. The van der Waals surface area contributed by atoms with Crippen LogP contribution in [0.2, 0.25) is 0 Å². The van der Waals surface area contributed by atoms with Crippen molar-refractivity contribution in [2.75, 3.05) is 26.2 Å². The van der Waals surface area contributed by atoms with E-state index < -0.39 is 0 Å². The molecule has 1 saturated heterocycles. The molecule has 1 aliphatic rings. The second kappa shape index (κ2) is 9.08. The lowest BCUT2D eigenvalue weighted by molar-refractivity contribution is -0.136. The van der Waals surface area contributed by atoms with Crippen molar-refractivity contribution in [3.8, 4) is 0 Å². The number of hydrogen-bond acceptors (Lipinski definition) is 3. The maximum absolute atomic E-state index is 13.4. The van der Waals surface area contributed by atoms with E-state index >= 15 is 0 Å². The zero-order valence-corrected chi connectivity index (χ0v) is 13.9. The highest BCUT2D eigenvalue weighted by atomic mass is 35.5. The topological polar surface area (TPSA) is 41.6 Å². The van der Waals surface area contributed by atoms with Gasteiger partial charge in [0.25, 0.3) is 0 Å². The minimum atomic E-state index is -0.270. The van der Waals surface area contributed by atoms with E-state index in [1.54, 1.807) is 6.07 Å². The van der Waals surface area contributed by atoms with E-state index in [0.717, 1.165) is 12.1 Å². The lowest BCUT2D eigenvalue weighted by atomic mass is 10.0. The number of amides is 1. The fourth-order valence-corrected chi connectivity index (χ4v) is 2.54. The molecule has 1 aromatic carbocycles. The molecule has 1 aliphatic heterocycles. The predicted octanol–water partition coefficient (Wildman–Crippen LogP) is 2.54. The lowest BCUT2D eigenvalue weighted by Gasteiger charge is -2.36. The van der Waals surface area contributed by atoms with Gasteiger partial charge in [0.15, 0.2) is 0 Å². The number of benzene rings is 1. The standard InChI is InChI=1S/C16H23FN2O2.ClH/c1-12(2)21-9-6-16(20)19-8-7-18-11-15(19)13-4-3-5-14(17)10-13;/h3-5,10,12,15,18H,6-9,11H2,1-2H3;1H. The Morgan fingerprint density at radius 3 is 2.95 bits per heavy atom. The van der Waals surface area contributed by atoms with Crippen LogP contribution in [0.4, 0.5) is 4.39 Å². The fraction of sp³-hybridized carbons (Fsp3) is 0.562. The van der Waals surface area contributed by atoms with Crippen LogP contribution in [0, 0.1) is 5.82 Å². The van der Waals surface area contributed by atoms with Crippen molar-refractivity contribution in [3.05, 3.63) is 35.6 Å². The molecule has 0 bridgehead atoms. The largest absolute Gasteiger partial charge is 0.378 e. The molecule has 124 valence electrons. The predicted molar refractivity (Wildman–Crippen MR) is 86.7 cm³/mol. The molecule has 1 fully saturated rings. The van der Waals surface area contributed by atoms with E-state index in [0.29, 0.717) is 26.1 Å². The van der Waals surface area contributed by atoms with Crippen LogP contribution in [0.5, 0.6) is 0 Å². The molecule has 4 nitrogen and oxygen atoms in total. The SMILES string of the molecule is CC(C)OCCC(=O)N1CCNCC1c1cccc(F)c1.Cl. The van der Waals surface area contributed by atoms with Crippen molar-refractivity contribution in [3.63, 3.8) is 0 Å². The van der Waals surface area contributed by atoms with E-state index in [2.05, 4.69) is 5.32 Å². The molecule has 1 N–H and O–H groups in total. The monoisotopic (exact) mass is 330 g/mol. The van der Waals surface area contributed by atoms with Crippen LogP contribution >= 0.6 is 12.4 Å². The Morgan fingerprint density at radius 2 is 2.27 bits per heavy atom. The normalized spacial score (nSPS) is 18.2. The number of rotatable bonds is 5. The van der Waals surface area contributed by atoms with Crippen LogP contribution in [-0.2, 0) is 9.53 Å². The Hall–Kier alpha value is -1.17. The van der Waals surface area contributed by atoms with Gasteiger partial charge in [-0.3, -0.25) is 4.79 Å². The van der Waals surface area contributed by atoms with Crippen LogP contribution in [0.1, 0.15) is 31.9 Å². The second-order valence-corrected chi connectivity index (χ2v) is 5.53. The molecule has 1 aromatic rings. The number of carbonyl (C=O) groups excluding carboxylic acids is 1. The molecule has 0 aliphatic carbocycles. The third-order valence-electron chi connectivity index (χ3n) is 3.56. The molecule has 22 heavy (non-hydrogen) atoms. The van der Waals surface area contributed by atoms with Gasteiger partial charge in [0.2, 0.25) is 5.91 Å². The van der Waals surface area contributed by atoms with E-state index in [1.165, 1.54) is 12.1 Å². The highest BCUT2D eigenvalue weighted by molar-refractivity contribution is 5.85. The molecule has 1 unspecified atom stereocenters. The summed E-state index contributed by atoms with van der Waals surface area (Å²) >= 11 is 0. The molecule has 0 aromatic heterocycles. The Labute approximate surface area is 137 Å². The minimum absolute atomic E-state index is 0. The number of halogens is 2. The molecule has 2 rings (SSSR count). The van der Waals surface area contributed by atoms with E-state index in [-0.39, 0.29) is 36.3 Å². The number of piperazine rings is 1. The number of ether oxygens (including phenoxy) is 1. The molecular formula is C16H24ClFN2O2. The van der Waals surface area contributed by atoms with Gasteiger partial charge in [0.05, 0.1) is 25.2 Å². The second-order valence-electron chi connectivity index (χ2n) is 5.53. The van der Waals surface area contributed by atoms with E-state index in [4.69, 9.17) is 4.74 Å². The Balaban J connectivity index is 0.00000242. The van der Waals surface area contributed by atoms with Gasteiger partial charge >= 0.3 is 0 Å². The van der Waals surface area contributed by atoms with Crippen LogP contribution < -0.4 is 5.32 Å². The molecule has 1 atom stereocenters. The molecule has 1 amide bonds. The summed E-state index contributed by atoms with van der Waals surface area (Å²) in [4.78, 5) is 14.2. The zero-order valence-electron chi connectivity index (χ0n) is 13.0. The summed E-state index contributed by atoms with van der Waals surface area (Å²) in [5.74, 6) is -0.208. The van der Waals surface area contributed by atoms with Crippen molar-refractivity contribution in [1.29, 1.82) is 0 Å². The summed E-state index contributed by atoms with van der Waals surface area (Å²) in [7, 11) is 0. The summed E-state index contributed by atoms with van der Waals surface area (Å²) in [5, 5.41) is 3.26. The lowest BCUT2D eigenvalue weighted by Crippen LogP contribution is -2.48. The van der Waals surface area contributed by atoms with Crippen molar-refractivity contribution < 1.29 is 13.9 Å². The number of nitrogens with zero attached hydrogens (tertiary/aromatic N) is 1. The first-order valence-electron chi connectivity index (χ1n) is 7.45. The van der Waals surface area contributed by atoms with Crippen molar-refractivity contribution in [2.24, 2.45) is 0 Å². The average Bonchev–Trinajstić information content (AvgIpc) is 2.47. The molecule has 0 radical (unpaired) electrons. The van der Waals surface area contributed by atoms with Gasteiger partial charge in [-0.1, -0.05) is 12.1 Å². The average molecular weight is 331 g/mol. The first-order chi connectivity index (χ1) is 10.1. The maximum atomic E-state index is 13.4. The first kappa shape index (κ1) is 18.9. The smallest absolute Gasteiger partial charge is 0.225 e. The van der Waals surface area contributed by atoms with Gasteiger partial charge in [0, 0.05) is 19.6 Å². The van der Waals surface area contributed by atoms with Crippen molar-refractivity contribution >= 4 is 18.3 Å². The molecule has 1 heterocycles. The summed E-state index contributed by atoms with van der Waals surface area (Å²) in [6.45, 7) is 6.39. The third-order valence-corrected chi connectivity index (χ3v) is 3.56. The van der Waals surface area contributed by atoms with Crippen LogP contribution in [0.3, 0.4) is 0 Å². The van der Waals surface area contributed by atoms with E-state index in [9.17, 15) is 9.18 Å². The van der Waals surface area contributed by atoms with Gasteiger partial charge in [-0.05, 0) is 31.5 Å². The van der Waals surface area contributed by atoms with Crippen LogP contribution in [-0.4, -0.2) is 43.2 Å². The number of hydrogen-bond donors (Lipinski definition) is 1. The number of nitrogens with one attached hydrogen (secondary N) is 1. The molecular weight excluding hydrogens is 307 g/mol. The highest BCUT2D eigenvalue weighted by Gasteiger charge is 2.27. The summed E-state index contributed by atoms with van der Waals surface area (Å²) in [5.41, 5.74) is 0.834. The zero-order chi connectivity index (χ0) is 15.2. The summed E-state index contributed by atoms with van der Waals surface area (Å²) < 4.78 is 18.8. The van der Waals surface area contributed by atoms with Crippen LogP contribution in [0.25, 0.3) is 0 Å². The quantitative estimate of drug-likeness (QED) is 0.902. The summed E-state index contributed by atoms with van der Waals surface area (Å²) in [6, 6.07) is 6.36. The van der Waals surface area contributed by atoms with Crippen molar-refractivity contribution in [1.82, 2.24) is 10.2 Å². The Morgan fingerprint density at radius 1 is 1.50 bits per heavy atom. The van der Waals surface area contributed by atoms with Crippen molar-refractivity contribution in [2.45, 2.75) is 32.4 Å². The Kier molecular flexibility index (Phi) is 7.79. The van der Waals surface area contributed by atoms with Gasteiger partial charge in [-0.15, -0.1) is 12.4 Å². The minimum Gasteiger partial charge on any atom is -0.378 e. The maximum Gasteiger partial charge on any atom is 0.225 e. The highest BCUT2D eigenvalue weighted by Crippen LogP contribution is 2.23. The van der Waals surface area contributed by atoms with Gasteiger partial charge < -0.3 is 15.0 Å². The summed E-state index contributed by atoms with van der Waals surface area (Å²) in [6.07, 6.45) is 0.490. The molecule has 6 heteroatoms. The first-order valence-corrected chi connectivity index (χ1v) is 7.45. The van der Waals surface area contributed by atoms with E-state index in [1.807, 2.05) is 24.8 Å². The van der Waals surface area contributed by atoms with Crippen LogP contribution in [0.15, 0.2) is 24.3 Å². The van der Waals surface area contributed by atoms with Gasteiger partial charge in [-0.2, -0.15) is 0 Å². The third kappa shape index (κ3) is 5.23. The van der Waals surface area contributed by atoms with Gasteiger partial charge in [0.1, 0.15) is 5.82 Å². The molecule has 0 spiro atoms. The fourth-order valence-electron chi connectivity index (χ4n) is 2.54. The Bertz CT molecular complexity index is 485. The molecule has 0 saturated carbocycles.